The SMILES string of the molecule is CC(C)c1cccc(C(C)C)c1NC(=O)Nc1c(-c2ccoc2)c2cccnc2n(C)c1=O. The molecule has 0 fully saturated rings. The van der Waals surface area contributed by atoms with Crippen LogP contribution in [0.2, 0.25) is 0 Å². The Morgan fingerprint density at radius 1 is 0.970 bits per heavy atom. The van der Waals surface area contributed by atoms with Gasteiger partial charge >= 0.3 is 6.03 Å². The third-order valence-electron chi connectivity index (χ3n) is 5.80. The van der Waals surface area contributed by atoms with Crippen LogP contribution < -0.4 is 16.2 Å². The molecule has 0 aliphatic heterocycles. The predicted octanol–water partition coefficient (Wildman–Crippen LogP) is 6.08. The summed E-state index contributed by atoms with van der Waals surface area (Å²) < 4.78 is 6.71. The Balaban J connectivity index is 1.82. The second-order valence-electron chi connectivity index (χ2n) is 8.70. The van der Waals surface area contributed by atoms with Crippen LogP contribution >= 0.6 is 0 Å². The molecule has 0 aliphatic carbocycles. The number of benzene rings is 1. The summed E-state index contributed by atoms with van der Waals surface area (Å²) in [5.41, 5.74) is 4.47. The summed E-state index contributed by atoms with van der Waals surface area (Å²) in [5, 5.41) is 6.59. The number of fused-ring (bicyclic) bond motifs is 1. The predicted molar refractivity (Wildman–Crippen MR) is 132 cm³/mol. The van der Waals surface area contributed by atoms with Crippen LogP contribution in [0.3, 0.4) is 0 Å². The number of carbonyl (C=O) groups excluding carboxylic acids is 1. The van der Waals surface area contributed by atoms with Crippen LogP contribution in [0.15, 0.2) is 64.3 Å². The topological polar surface area (TPSA) is 89.2 Å². The molecule has 33 heavy (non-hydrogen) atoms. The highest BCUT2D eigenvalue weighted by atomic mass is 16.3. The Kier molecular flexibility index (Phi) is 6.05. The van der Waals surface area contributed by atoms with Crippen molar-refractivity contribution < 1.29 is 9.21 Å². The van der Waals surface area contributed by atoms with E-state index in [9.17, 15) is 9.59 Å². The van der Waals surface area contributed by atoms with Crippen LogP contribution in [0.1, 0.15) is 50.7 Å². The van der Waals surface area contributed by atoms with Crippen LogP contribution in [0, 0.1) is 0 Å². The van der Waals surface area contributed by atoms with E-state index in [1.165, 1.54) is 10.8 Å². The van der Waals surface area contributed by atoms with Crippen molar-refractivity contribution in [3.63, 3.8) is 0 Å². The normalized spacial score (nSPS) is 11.4. The molecule has 0 saturated heterocycles. The van der Waals surface area contributed by atoms with Gasteiger partial charge in [-0.2, -0.15) is 0 Å². The van der Waals surface area contributed by atoms with Gasteiger partial charge in [-0.25, -0.2) is 9.78 Å². The van der Waals surface area contributed by atoms with Crippen LogP contribution in [-0.2, 0) is 7.05 Å². The summed E-state index contributed by atoms with van der Waals surface area (Å²) in [5.74, 6) is 0.445. The summed E-state index contributed by atoms with van der Waals surface area (Å²) in [7, 11) is 1.64. The molecule has 0 unspecified atom stereocenters. The number of aromatic nitrogens is 2. The number of carbonyl (C=O) groups is 1. The highest BCUT2D eigenvalue weighted by Gasteiger charge is 2.22. The lowest BCUT2D eigenvalue weighted by Crippen LogP contribution is -2.29. The lowest BCUT2D eigenvalue weighted by Gasteiger charge is -2.21. The molecule has 0 aliphatic rings. The van der Waals surface area contributed by atoms with Crippen molar-refractivity contribution in [3.05, 3.63) is 76.6 Å². The molecule has 2 amide bonds. The van der Waals surface area contributed by atoms with E-state index in [0.29, 0.717) is 16.8 Å². The molecule has 7 nitrogen and oxygen atoms in total. The molecule has 1 aromatic carbocycles. The Morgan fingerprint density at radius 2 is 1.64 bits per heavy atom. The number of hydrogen-bond acceptors (Lipinski definition) is 4. The molecular weight excluding hydrogens is 416 g/mol. The Bertz CT molecular complexity index is 1340. The number of aryl methyl sites for hydroxylation is 1. The first-order valence-electron chi connectivity index (χ1n) is 11.0. The number of pyridine rings is 2. The van der Waals surface area contributed by atoms with Gasteiger partial charge in [-0.3, -0.25) is 9.36 Å². The lowest BCUT2D eigenvalue weighted by molar-refractivity contribution is 0.262. The molecule has 3 heterocycles. The van der Waals surface area contributed by atoms with Gasteiger partial charge in [0.2, 0.25) is 0 Å². The second-order valence-corrected chi connectivity index (χ2v) is 8.70. The molecule has 0 saturated carbocycles. The van der Waals surface area contributed by atoms with Gasteiger partial charge in [0.05, 0.1) is 12.5 Å². The van der Waals surface area contributed by atoms with Gasteiger partial charge in [0, 0.05) is 35.4 Å². The zero-order valence-electron chi connectivity index (χ0n) is 19.5. The van der Waals surface area contributed by atoms with E-state index in [-0.39, 0.29) is 23.1 Å². The zero-order chi connectivity index (χ0) is 23.7. The number of para-hydroxylation sites is 1. The van der Waals surface area contributed by atoms with Crippen molar-refractivity contribution in [2.24, 2.45) is 7.05 Å². The quantitative estimate of drug-likeness (QED) is 0.390. The first-order chi connectivity index (χ1) is 15.8. The first-order valence-corrected chi connectivity index (χ1v) is 11.0. The Hall–Kier alpha value is -3.87. The smallest absolute Gasteiger partial charge is 0.323 e. The second kappa shape index (κ2) is 8.94. The first kappa shape index (κ1) is 22.3. The zero-order valence-corrected chi connectivity index (χ0v) is 19.5. The Morgan fingerprint density at radius 3 is 2.24 bits per heavy atom. The molecule has 2 N–H and O–H groups in total. The number of anilines is 2. The molecule has 7 heteroatoms. The van der Waals surface area contributed by atoms with Gasteiger partial charge < -0.3 is 15.1 Å². The van der Waals surface area contributed by atoms with E-state index in [4.69, 9.17) is 4.42 Å². The standard InChI is InChI=1S/C26H28N4O3/c1-15(2)18-8-6-9-19(16(3)4)22(18)28-26(32)29-23-21(17-11-13-33-14-17)20-10-7-12-27-24(20)30(5)25(23)31/h6-16H,1-5H3,(H2,28,29,32). The van der Waals surface area contributed by atoms with Crippen molar-refractivity contribution in [3.8, 4) is 11.1 Å². The molecule has 3 aromatic heterocycles. The molecule has 4 aromatic rings. The number of urea groups is 1. The molecule has 4 rings (SSSR count). The molecule has 0 bridgehead atoms. The van der Waals surface area contributed by atoms with E-state index in [2.05, 4.69) is 43.3 Å². The summed E-state index contributed by atoms with van der Waals surface area (Å²) in [6, 6.07) is 11.0. The molecule has 170 valence electrons. The summed E-state index contributed by atoms with van der Waals surface area (Å²) in [4.78, 5) is 30.9. The van der Waals surface area contributed by atoms with Crippen LogP contribution in [0.4, 0.5) is 16.2 Å². The summed E-state index contributed by atoms with van der Waals surface area (Å²) >= 11 is 0. The van der Waals surface area contributed by atoms with Gasteiger partial charge in [0.25, 0.3) is 5.56 Å². The average molecular weight is 445 g/mol. The summed E-state index contributed by atoms with van der Waals surface area (Å²) in [6.45, 7) is 8.36. The third kappa shape index (κ3) is 4.14. The van der Waals surface area contributed by atoms with Gasteiger partial charge in [-0.15, -0.1) is 0 Å². The monoisotopic (exact) mass is 444 g/mol. The van der Waals surface area contributed by atoms with E-state index in [0.717, 1.165) is 22.2 Å². The van der Waals surface area contributed by atoms with Crippen molar-refractivity contribution in [1.29, 1.82) is 0 Å². The van der Waals surface area contributed by atoms with E-state index < -0.39 is 6.03 Å². The maximum absolute atomic E-state index is 13.3. The van der Waals surface area contributed by atoms with Gasteiger partial charge in [-0.05, 0) is 41.2 Å². The van der Waals surface area contributed by atoms with Crippen LogP contribution in [-0.4, -0.2) is 15.6 Å². The molecule has 0 radical (unpaired) electrons. The fourth-order valence-electron chi connectivity index (χ4n) is 4.14. The van der Waals surface area contributed by atoms with Gasteiger partial charge in [-0.1, -0.05) is 45.9 Å². The van der Waals surface area contributed by atoms with Crippen LogP contribution in [0.25, 0.3) is 22.2 Å². The van der Waals surface area contributed by atoms with Gasteiger partial charge in [0.15, 0.2) is 0 Å². The molecular formula is C26H28N4O3. The fourth-order valence-corrected chi connectivity index (χ4v) is 4.14. The number of rotatable bonds is 5. The van der Waals surface area contributed by atoms with Crippen molar-refractivity contribution in [2.75, 3.05) is 10.6 Å². The highest BCUT2D eigenvalue weighted by Crippen LogP contribution is 2.34. The molecule has 0 atom stereocenters. The summed E-state index contributed by atoms with van der Waals surface area (Å²) in [6.07, 6.45) is 4.72. The number of hydrogen-bond donors (Lipinski definition) is 2. The maximum atomic E-state index is 13.3. The number of amides is 2. The van der Waals surface area contributed by atoms with Crippen molar-refractivity contribution >= 4 is 28.4 Å². The van der Waals surface area contributed by atoms with Gasteiger partial charge in [0.1, 0.15) is 11.3 Å². The van der Waals surface area contributed by atoms with Crippen LogP contribution in [0.5, 0.6) is 0 Å². The third-order valence-corrected chi connectivity index (χ3v) is 5.80. The number of nitrogens with one attached hydrogen (secondary N) is 2. The number of furan rings is 1. The average Bonchev–Trinajstić information content (AvgIpc) is 3.31. The van der Waals surface area contributed by atoms with Crippen molar-refractivity contribution in [1.82, 2.24) is 9.55 Å². The number of nitrogens with zero attached hydrogens (tertiary/aromatic N) is 2. The minimum atomic E-state index is -0.477. The maximum Gasteiger partial charge on any atom is 0.323 e. The Labute approximate surface area is 192 Å². The van der Waals surface area contributed by atoms with E-state index >= 15 is 0 Å². The largest absolute Gasteiger partial charge is 0.472 e. The minimum Gasteiger partial charge on any atom is -0.472 e. The van der Waals surface area contributed by atoms with Crippen molar-refractivity contribution in [2.45, 2.75) is 39.5 Å². The van der Waals surface area contributed by atoms with E-state index in [1.54, 1.807) is 31.6 Å². The lowest BCUT2D eigenvalue weighted by atomic mass is 9.93. The molecule has 0 spiro atoms. The minimum absolute atomic E-state index is 0.171. The fraction of sp³-hybridized carbons (Fsp3) is 0.269. The highest BCUT2D eigenvalue weighted by molar-refractivity contribution is 6.07. The van der Waals surface area contributed by atoms with E-state index in [1.807, 2.05) is 24.3 Å².